The van der Waals surface area contributed by atoms with E-state index in [0.29, 0.717) is 4.90 Å². The van der Waals surface area contributed by atoms with Gasteiger partial charge in [-0.15, -0.1) is 0 Å². The highest BCUT2D eigenvalue weighted by Gasteiger charge is 2.50. The second kappa shape index (κ2) is 6.49. The molecule has 0 saturated carbocycles. The number of halogens is 3. The lowest BCUT2D eigenvalue weighted by molar-refractivity contribution is -0.144. The van der Waals surface area contributed by atoms with Gasteiger partial charge in [-0.05, 0) is 26.8 Å². The zero-order valence-corrected chi connectivity index (χ0v) is 14.0. The Labute approximate surface area is 136 Å². The van der Waals surface area contributed by atoms with E-state index >= 15 is 0 Å². The molecule has 1 unspecified atom stereocenters. The molecular weight excluding hydrogens is 359 g/mol. The van der Waals surface area contributed by atoms with Crippen molar-refractivity contribution in [1.82, 2.24) is 4.90 Å². The summed E-state index contributed by atoms with van der Waals surface area (Å²) in [6.07, 6.45) is -0.295. The first kappa shape index (κ1) is 20.1. The van der Waals surface area contributed by atoms with Crippen LogP contribution in [-0.2, 0) is 28.6 Å². The van der Waals surface area contributed by atoms with Crippen LogP contribution in [0.1, 0.15) is 20.8 Å². The first-order valence-electron chi connectivity index (χ1n) is 6.47. The van der Waals surface area contributed by atoms with Crippen molar-refractivity contribution in [2.75, 3.05) is 13.7 Å². The van der Waals surface area contributed by atoms with Crippen LogP contribution in [0.3, 0.4) is 0 Å². The van der Waals surface area contributed by atoms with Gasteiger partial charge in [-0.3, -0.25) is 4.90 Å². The molecule has 0 aliphatic carbocycles. The second-order valence-electron chi connectivity index (χ2n) is 5.69. The molecule has 0 aromatic heterocycles. The van der Waals surface area contributed by atoms with Crippen molar-refractivity contribution >= 4 is 22.2 Å². The first-order chi connectivity index (χ1) is 10.7. The highest BCUT2D eigenvalue weighted by molar-refractivity contribution is 7.87. The zero-order valence-electron chi connectivity index (χ0n) is 13.2. The first-order valence-corrected chi connectivity index (χ1v) is 7.87. The lowest BCUT2D eigenvalue weighted by Crippen LogP contribution is -2.44. The third kappa shape index (κ3) is 4.76. The number of hydrogen-bond donors (Lipinski definition) is 0. The number of ether oxygens (including phenoxy) is 2. The maximum Gasteiger partial charge on any atom is 0.534 e. The fourth-order valence-electron chi connectivity index (χ4n) is 1.64. The Morgan fingerprint density at radius 2 is 1.79 bits per heavy atom. The molecule has 1 heterocycles. The summed E-state index contributed by atoms with van der Waals surface area (Å²) >= 11 is 0. The van der Waals surface area contributed by atoms with Crippen molar-refractivity contribution in [2.45, 2.75) is 37.9 Å². The number of carbonyl (C=O) groups is 2. The molecule has 1 aliphatic heterocycles. The van der Waals surface area contributed by atoms with Crippen molar-refractivity contribution in [2.24, 2.45) is 0 Å². The lowest BCUT2D eigenvalue weighted by atomic mass is 10.2. The van der Waals surface area contributed by atoms with Gasteiger partial charge in [0.05, 0.1) is 13.7 Å². The molecule has 0 radical (unpaired) electrons. The molecule has 0 bridgehead atoms. The number of rotatable bonds is 3. The third-order valence-corrected chi connectivity index (χ3v) is 3.58. The summed E-state index contributed by atoms with van der Waals surface area (Å²) < 4.78 is 72.5. The van der Waals surface area contributed by atoms with Crippen LogP contribution in [0.25, 0.3) is 0 Å². The smallest absolute Gasteiger partial charge is 0.467 e. The number of alkyl halides is 3. The molecule has 24 heavy (non-hydrogen) atoms. The molecule has 0 fully saturated rings. The fourth-order valence-corrected chi connectivity index (χ4v) is 2.13. The normalized spacial score (nSPS) is 18.9. The van der Waals surface area contributed by atoms with E-state index < -0.39 is 51.6 Å². The van der Waals surface area contributed by atoms with Gasteiger partial charge in [0.1, 0.15) is 11.4 Å². The standard InChI is InChI=1S/C12H16F3NO7S/c1-11(2,3)22-10(18)16-6-7(5-8(16)9(17)21-4)23-24(19,20)12(13,14)15/h5,8H,6H2,1-4H3. The fraction of sp³-hybridized carbons (Fsp3) is 0.667. The van der Waals surface area contributed by atoms with Crippen LogP contribution >= 0.6 is 0 Å². The predicted octanol–water partition coefficient (Wildman–Crippen LogP) is 1.53. The number of esters is 1. The van der Waals surface area contributed by atoms with Crippen LogP contribution < -0.4 is 0 Å². The Balaban J connectivity index is 3.04. The maximum absolute atomic E-state index is 12.3. The highest BCUT2D eigenvalue weighted by atomic mass is 32.2. The average molecular weight is 375 g/mol. The summed E-state index contributed by atoms with van der Waals surface area (Å²) in [5.74, 6) is -1.74. The largest absolute Gasteiger partial charge is 0.534 e. The summed E-state index contributed by atoms with van der Waals surface area (Å²) in [4.78, 5) is 24.4. The van der Waals surface area contributed by atoms with E-state index in [4.69, 9.17) is 4.74 Å². The summed E-state index contributed by atoms with van der Waals surface area (Å²) in [6.45, 7) is 3.90. The quantitative estimate of drug-likeness (QED) is 0.419. The lowest BCUT2D eigenvalue weighted by Gasteiger charge is -2.27. The van der Waals surface area contributed by atoms with Crippen LogP contribution in [-0.4, -0.2) is 56.2 Å². The van der Waals surface area contributed by atoms with E-state index in [1.807, 2.05) is 0 Å². The van der Waals surface area contributed by atoms with E-state index in [2.05, 4.69) is 8.92 Å². The molecule has 1 atom stereocenters. The number of nitrogens with zero attached hydrogens (tertiary/aromatic N) is 1. The molecular formula is C12H16F3NO7S. The van der Waals surface area contributed by atoms with Gasteiger partial charge in [-0.2, -0.15) is 21.6 Å². The van der Waals surface area contributed by atoms with Crippen molar-refractivity contribution < 1.29 is 44.8 Å². The number of methoxy groups -OCH3 is 1. The van der Waals surface area contributed by atoms with Gasteiger partial charge in [-0.25, -0.2) is 9.59 Å². The predicted molar refractivity (Wildman–Crippen MR) is 72.9 cm³/mol. The van der Waals surface area contributed by atoms with Crippen LogP contribution in [0.5, 0.6) is 0 Å². The zero-order chi connectivity index (χ0) is 18.9. The summed E-state index contributed by atoms with van der Waals surface area (Å²) in [5, 5.41) is 0. The number of hydrogen-bond acceptors (Lipinski definition) is 7. The van der Waals surface area contributed by atoms with E-state index in [9.17, 15) is 31.2 Å². The monoisotopic (exact) mass is 375 g/mol. The molecule has 12 heteroatoms. The summed E-state index contributed by atoms with van der Waals surface area (Å²) in [6, 6.07) is -1.47. The van der Waals surface area contributed by atoms with Crippen LogP contribution in [0, 0.1) is 0 Å². The molecule has 1 rings (SSSR count). The Morgan fingerprint density at radius 3 is 2.21 bits per heavy atom. The minimum Gasteiger partial charge on any atom is -0.467 e. The van der Waals surface area contributed by atoms with E-state index in [0.717, 1.165) is 13.2 Å². The van der Waals surface area contributed by atoms with Gasteiger partial charge in [0.25, 0.3) is 0 Å². The van der Waals surface area contributed by atoms with E-state index in [1.165, 1.54) is 20.8 Å². The number of carbonyl (C=O) groups excluding carboxylic acids is 2. The van der Waals surface area contributed by atoms with E-state index in [1.54, 1.807) is 0 Å². The molecule has 0 aromatic rings. The minimum atomic E-state index is -5.92. The molecule has 0 spiro atoms. The Morgan fingerprint density at radius 1 is 1.25 bits per heavy atom. The SMILES string of the molecule is COC(=O)C1C=C(OS(=O)(=O)C(F)(F)F)CN1C(=O)OC(C)(C)C. The second-order valence-corrected chi connectivity index (χ2v) is 7.23. The van der Waals surface area contributed by atoms with Gasteiger partial charge in [0.2, 0.25) is 0 Å². The van der Waals surface area contributed by atoms with Gasteiger partial charge >= 0.3 is 27.7 Å². The molecule has 8 nitrogen and oxygen atoms in total. The molecule has 1 aliphatic rings. The van der Waals surface area contributed by atoms with Crippen molar-refractivity contribution in [3.05, 3.63) is 11.8 Å². The third-order valence-electron chi connectivity index (χ3n) is 2.58. The molecule has 0 N–H and O–H groups in total. The van der Waals surface area contributed by atoms with Crippen LogP contribution in [0.15, 0.2) is 11.8 Å². The Bertz CT molecular complexity index is 649. The molecule has 0 aromatic carbocycles. The topological polar surface area (TPSA) is 99.2 Å². The summed E-state index contributed by atoms with van der Waals surface area (Å²) in [7, 11) is -4.93. The van der Waals surface area contributed by atoms with Crippen molar-refractivity contribution in [3.63, 3.8) is 0 Å². The molecule has 138 valence electrons. The number of amides is 1. The summed E-state index contributed by atoms with van der Waals surface area (Å²) in [5.41, 5.74) is -6.59. The molecule has 1 amide bonds. The average Bonchev–Trinajstić information content (AvgIpc) is 2.77. The van der Waals surface area contributed by atoms with Gasteiger partial charge in [-0.1, -0.05) is 0 Å². The van der Waals surface area contributed by atoms with Crippen molar-refractivity contribution in [3.8, 4) is 0 Å². The maximum atomic E-state index is 12.3. The van der Waals surface area contributed by atoms with Gasteiger partial charge < -0.3 is 13.7 Å². The Kier molecular flexibility index (Phi) is 5.43. The van der Waals surface area contributed by atoms with E-state index in [-0.39, 0.29) is 0 Å². The van der Waals surface area contributed by atoms with Gasteiger partial charge in [0, 0.05) is 0 Å². The highest BCUT2D eigenvalue weighted by Crippen LogP contribution is 2.29. The van der Waals surface area contributed by atoms with Crippen molar-refractivity contribution in [1.29, 1.82) is 0 Å². The van der Waals surface area contributed by atoms with Crippen LogP contribution in [0.2, 0.25) is 0 Å². The van der Waals surface area contributed by atoms with Crippen LogP contribution in [0.4, 0.5) is 18.0 Å². The minimum absolute atomic E-state index is 0.693. The van der Waals surface area contributed by atoms with Gasteiger partial charge in [0.15, 0.2) is 6.04 Å². The molecule has 0 saturated heterocycles. The Hall–Kier alpha value is -1.98.